The molecule has 190 valence electrons. The minimum absolute atomic E-state index is 0.0148. The predicted octanol–water partition coefficient (Wildman–Crippen LogP) is -0.271. The average Bonchev–Trinajstić information content (AvgIpc) is 3.23. The van der Waals surface area contributed by atoms with Gasteiger partial charge in [-0.2, -0.15) is 0 Å². The van der Waals surface area contributed by atoms with Gasteiger partial charge in [-0.3, -0.25) is 19.2 Å². The van der Waals surface area contributed by atoms with Crippen LogP contribution >= 0.6 is 0 Å². The molecule has 1 aromatic carbocycles. The first kappa shape index (κ1) is 27.3. The largest absolute Gasteiger partial charge is 0.481 e. The maximum atomic E-state index is 13.2. The van der Waals surface area contributed by atoms with Gasteiger partial charge in [0, 0.05) is 23.5 Å². The van der Waals surface area contributed by atoms with Crippen molar-refractivity contribution >= 4 is 40.6 Å². The van der Waals surface area contributed by atoms with Crippen LogP contribution in [-0.2, 0) is 30.4 Å². The lowest BCUT2D eigenvalue weighted by Crippen LogP contribution is -2.57. The van der Waals surface area contributed by atoms with Crippen molar-refractivity contribution in [1.82, 2.24) is 20.9 Å². The number of carboxylic acids is 2. The molecule has 1 aromatic heterocycles. The van der Waals surface area contributed by atoms with Gasteiger partial charge in [-0.15, -0.1) is 0 Å². The van der Waals surface area contributed by atoms with Crippen molar-refractivity contribution in [3.63, 3.8) is 0 Å². The summed E-state index contributed by atoms with van der Waals surface area (Å²) in [6.07, 6.45) is 1.41. The molecule has 4 atom stereocenters. The van der Waals surface area contributed by atoms with Crippen LogP contribution in [0.1, 0.15) is 32.3 Å². The summed E-state index contributed by atoms with van der Waals surface area (Å²) in [6, 6.07) is 3.37. The van der Waals surface area contributed by atoms with Crippen molar-refractivity contribution in [2.24, 2.45) is 11.7 Å². The van der Waals surface area contributed by atoms with Gasteiger partial charge in [0.2, 0.25) is 17.7 Å². The van der Waals surface area contributed by atoms with Gasteiger partial charge in [-0.05, 0) is 17.5 Å². The summed E-state index contributed by atoms with van der Waals surface area (Å²) in [6.45, 7) is 3.00. The number of aromatic amines is 1. The topological polar surface area (TPSA) is 204 Å². The number of nitrogens with one attached hydrogen (secondary N) is 4. The third-order valence-electron chi connectivity index (χ3n) is 5.72. The summed E-state index contributed by atoms with van der Waals surface area (Å²) >= 11 is 0. The van der Waals surface area contributed by atoms with Crippen molar-refractivity contribution in [1.29, 1.82) is 0 Å². The van der Waals surface area contributed by atoms with E-state index in [-0.39, 0.29) is 12.3 Å². The molecule has 0 spiro atoms. The Hall–Kier alpha value is -3.93. The summed E-state index contributed by atoms with van der Waals surface area (Å²) in [7, 11) is 0. The van der Waals surface area contributed by atoms with Crippen LogP contribution in [0.25, 0.3) is 10.9 Å². The first-order chi connectivity index (χ1) is 16.6. The Balaban J connectivity index is 2.34. The number of carbonyl (C=O) groups excluding carboxylic acids is 3. The highest BCUT2D eigenvalue weighted by Crippen LogP contribution is 2.19. The van der Waals surface area contributed by atoms with Gasteiger partial charge in [0.25, 0.3) is 0 Å². The van der Waals surface area contributed by atoms with Gasteiger partial charge in [-0.25, -0.2) is 4.79 Å². The molecule has 0 saturated carbocycles. The van der Waals surface area contributed by atoms with E-state index in [4.69, 9.17) is 10.8 Å². The third-order valence-corrected chi connectivity index (χ3v) is 5.72. The quantitative estimate of drug-likeness (QED) is 0.199. The van der Waals surface area contributed by atoms with Gasteiger partial charge in [0.05, 0.1) is 13.0 Å². The number of carboxylic acid groups (broad SMARTS) is 2. The fourth-order valence-corrected chi connectivity index (χ4v) is 3.58. The molecule has 12 nitrogen and oxygen atoms in total. The lowest BCUT2D eigenvalue weighted by molar-refractivity contribution is -0.144. The van der Waals surface area contributed by atoms with Gasteiger partial charge >= 0.3 is 11.9 Å². The number of para-hydroxylation sites is 1. The zero-order valence-electron chi connectivity index (χ0n) is 19.5. The van der Waals surface area contributed by atoms with E-state index in [1.807, 2.05) is 24.3 Å². The first-order valence-electron chi connectivity index (χ1n) is 11.2. The Morgan fingerprint density at radius 3 is 2.26 bits per heavy atom. The highest BCUT2D eigenvalue weighted by Gasteiger charge is 2.32. The molecular formula is C23H31N5O7. The van der Waals surface area contributed by atoms with Crippen molar-refractivity contribution in [3.05, 3.63) is 36.0 Å². The maximum Gasteiger partial charge on any atom is 0.326 e. The summed E-state index contributed by atoms with van der Waals surface area (Å²) in [5, 5.41) is 26.7. The summed E-state index contributed by atoms with van der Waals surface area (Å²) in [5.41, 5.74) is 6.73. The first-order valence-corrected chi connectivity index (χ1v) is 11.2. The molecule has 3 amide bonds. The minimum atomic E-state index is -1.48. The number of benzene rings is 1. The van der Waals surface area contributed by atoms with Crippen LogP contribution in [0.4, 0.5) is 0 Å². The van der Waals surface area contributed by atoms with E-state index in [1.54, 1.807) is 20.0 Å². The molecule has 0 aliphatic rings. The van der Waals surface area contributed by atoms with Crippen LogP contribution in [0.5, 0.6) is 0 Å². The van der Waals surface area contributed by atoms with E-state index in [9.17, 15) is 29.1 Å². The second-order valence-corrected chi connectivity index (χ2v) is 8.26. The fourth-order valence-electron chi connectivity index (χ4n) is 3.58. The zero-order valence-corrected chi connectivity index (χ0v) is 19.5. The van der Waals surface area contributed by atoms with Crippen LogP contribution in [0, 0.1) is 5.92 Å². The van der Waals surface area contributed by atoms with Gasteiger partial charge in [-0.1, -0.05) is 38.5 Å². The molecule has 0 radical (unpaired) electrons. The standard InChI is InChI=1S/C23H31N5O7/c1-3-12(2)20(23(34)35)28-22(33)16(8-13-11-25-15-7-5-4-6-14(13)15)27-21(32)17(9-19(30)31)26-18(29)10-24/h4-7,11-12,16-17,20,25H,3,8-10,24H2,1-2H3,(H,26,29)(H,27,32)(H,28,33)(H,30,31)(H,34,35). The number of carbonyl (C=O) groups is 5. The van der Waals surface area contributed by atoms with E-state index in [2.05, 4.69) is 20.9 Å². The van der Waals surface area contributed by atoms with E-state index in [0.717, 1.165) is 10.9 Å². The molecule has 0 aliphatic heterocycles. The Morgan fingerprint density at radius 2 is 1.66 bits per heavy atom. The van der Waals surface area contributed by atoms with Crippen molar-refractivity contribution < 1.29 is 34.2 Å². The van der Waals surface area contributed by atoms with Gasteiger partial charge in [0.15, 0.2) is 0 Å². The van der Waals surface area contributed by atoms with Gasteiger partial charge in [0.1, 0.15) is 18.1 Å². The van der Waals surface area contributed by atoms with Crippen molar-refractivity contribution in [2.45, 2.75) is 51.2 Å². The number of rotatable bonds is 13. The predicted molar refractivity (Wildman–Crippen MR) is 126 cm³/mol. The summed E-state index contributed by atoms with van der Waals surface area (Å²) in [4.78, 5) is 63.8. The number of aliphatic carboxylic acids is 2. The number of nitrogens with two attached hydrogens (primary N) is 1. The minimum Gasteiger partial charge on any atom is -0.481 e. The second kappa shape index (κ2) is 12.5. The number of amides is 3. The van der Waals surface area contributed by atoms with Crippen molar-refractivity contribution in [2.75, 3.05) is 6.54 Å². The van der Waals surface area contributed by atoms with Crippen LogP contribution in [0.15, 0.2) is 30.5 Å². The summed E-state index contributed by atoms with van der Waals surface area (Å²) in [5.74, 6) is -5.36. The molecule has 12 heteroatoms. The molecule has 35 heavy (non-hydrogen) atoms. The molecule has 8 N–H and O–H groups in total. The molecule has 0 aliphatic carbocycles. The second-order valence-electron chi connectivity index (χ2n) is 8.26. The SMILES string of the molecule is CCC(C)C(NC(=O)C(Cc1c[nH]c2ccccc12)NC(=O)C(CC(=O)O)NC(=O)CN)C(=O)O. The monoisotopic (exact) mass is 489 g/mol. The van der Waals surface area contributed by atoms with E-state index >= 15 is 0 Å². The molecule has 4 unspecified atom stereocenters. The van der Waals surface area contributed by atoms with Crippen LogP contribution in [-0.4, -0.2) is 69.5 Å². The van der Waals surface area contributed by atoms with E-state index in [1.165, 1.54) is 0 Å². The molecule has 0 bridgehead atoms. The Kier molecular flexibility index (Phi) is 9.76. The highest BCUT2D eigenvalue weighted by atomic mass is 16.4. The van der Waals surface area contributed by atoms with Crippen LogP contribution in [0.2, 0.25) is 0 Å². The summed E-state index contributed by atoms with van der Waals surface area (Å²) < 4.78 is 0. The molecule has 1 heterocycles. The fraction of sp³-hybridized carbons (Fsp3) is 0.435. The maximum absolute atomic E-state index is 13.2. The number of aromatic nitrogens is 1. The van der Waals surface area contributed by atoms with Gasteiger partial charge < -0.3 is 36.9 Å². The van der Waals surface area contributed by atoms with E-state index in [0.29, 0.717) is 12.0 Å². The third kappa shape index (κ3) is 7.54. The molecular weight excluding hydrogens is 458 g/mol. The average molecular weight is 490 g/mol. The lowest BCUT2D eigenvalue weighted by atomic mass is 9.98. The number of fused-ring (bicyclic) bond motifs is 1. The zero-order chi connectivity index (χ0) is 26.1. The smallest absolute Gasteiger partial charge is 0.326 e. The molecule has 2 aromatic rings. The Labute approximate surface area is 201 Å². The number of hydrogen-bond donors (Lipinski definition) is 7. The number of H-pyrrole nitrogens is 1. The van der Waals surface area contributed by atoms with Crippen LogP contribution in [0.3, 0.4) is 0 Å². The number of hydrogen-bond acceptors (Lipinski definition) is 6. The molecule has 0 fully saturated rings. The lowest BCUT2D eigenvalue weighted by Gasteiger charge is -2.26. The molecule has 0 saturated heterocycles. The highest BCUT2D eigenvalue weighted by molar-refractivity contribution is 5.95. The Bertz CT molecular complexity index is 1080. The Morgan fingerprint density at radius 1 is 1.00 bits per heavy atom. The molecule has 2 rings (SSSR count). The van der Waals surface area contributed by atoms with E-state index < -0.39 is 60.8 Å². The normalized spacial score (nSPS) is 14.4. The van der Waals surface area contributed by atoms with Crippen LogP contribution < -0.4 is 21.7 Å². The van der Waals surface area contributed by atoms with Crippen molar-refractivity contribution in [3.8, 4) is 0 Å².